The zero-order valence-electron chi connectivity index (χ0n) is 19.6. The van der Waals surface area contributed by atoms with Crippen molar-refractivity contribution in [3.05, 3.63) is 59.7 Å². The number of nitrogens with one attached hydrogen (secondary N) is 1. The van der Waals surface area contributed by atoms with Gasteiger partial charge >= 0.3 is 0 Å². The van der Waals surface area contributed by atoms with Crippen LogP contribution in [0.15, 0.2) is 48.5 Å². The van der Waals surface area contributed by atoms with E-state index in [1.165, 1.54) is 12.8 Å². The largest absolute Gasteiger partial charge is 0.480 e. The summed E-state index contributed by atoms with van der Waals surface area (Å²) < 4.78 is 6.13. The molecule has 2 unspecified atom stereocenters. The highest BCUT2D eigenvalue weighted by molar-refractivity contribution is 5.97. The lowest BCUT2D eigenvalue weighted by molar-refractivity contribution is -0.122. The first-order valence-electron chi connectivity index (χ1n) is 12.0. The zero-order valence-corrected chi connectivity index (χ0v) is 19.6. The Morgan fingerprint density at radius 3 is 2.22 bits per heavy atom. The summed E-state index contributed by atoms with van der Waals surface area (Å²) in [6, 6.07) is 15.1. The fraction of sp³-hybridized carbons (Fsp3) is 0.481. The molecule has 2 amide bonds. The Labute approximate surface area is 192 Å². The summed E-state index contributed by atoms with van der Waals surface area (Å²) >= 11 is 0. The topological polar surface area (TPSA) is 58.6 Å². The van der Waals surface area contributed by atoms with E-state index in [-0.39, 0.29) is 11.8 Å². The summed E-state index contributed by atoms with van der Waals surface area (Å²) in [6.07, 6.45) is 5.50. The third-order valence-corrected chi connectivity index (χ3v) is 6.29. The van der Waals surface area contributed by atoms with Gasteiger partial charge in [0.1, 0.15) is 5.75 Å². The minimum atomic E-state index is -0.585. The molecule has 1 fully saturated rings. The third kappa shape index (κ3) is 6.12. The van der Waals surface area contributed by atoms with E-state index >= 15 is 0 Å². The lowest BCUT2D eigenvalue weighted by Crippen LogP contribution is -2.33. The van der Waals surface area contributed by atoms with Crippen molar-refractivity contribution in [1.82, 2.24) is 4.90 Å². The van der Waals surface area contributed by atoms with Crippen LogP contribution in [0.5, 0.6) is 5.75 Å². The Morgan fingerprint density at radius 1 is 0.938 bits per heavy atom. The predicted molar refractivity (Wildman–Crippen MR) is 129 cm³/mol. The van der Waals surface area contributed by atoms with Crippen LogP contribution < -0.4 is 10.1 Å². The van der Waals surface area contributed by atoms with Gasteiger partial charge in [-0.25, -0.2) is 0 Å². The molecule has 0 aliphatic carbocycles. The SMILES string of the molecule is CCC(Oc1ccccc1C(C)CC)C(=O)Nc1ccc(C(=O)N2CCCCCC2)cc1. The Kier molecular flexibility index (Phi) is 8.72. The van der Waals surface area contributed by atoms with Crippen LogP contribution in [0.4, 0.5) is 5.69 Å². The maximum atomic E-state index is 12.9. The van der Waals surface area contributed by atoms with Gasteiger partial charge in [-0.15, -0.1) is 0 Å². The molecule has 5 nitrogen and oxygen atoms in total. The van der Waals surface area contributed by atoms with Crippen molar-refractivity contribution in [2.75, 3.05) is 18.4 Å². The second-order valence-corrected chi connectivity index (χ2v) is 8.63. The van der Waals surface area contributed by atoms with Crippen molar-refractivity contribution >= 4 is 17.5 Å². The number of likely N-dealkylation sites (tertiary alicyclic amines) is 1. The van der Waals surface area contributed by atoms with Gasteiger partial charge in [-0.1, -0.05) is 51.8 Å². The molecule has 3 rings (SSSR count). The number of hydrogen-bond donors (Lipinski definition) is 1. The molecule has 172 valence electrons. The number of ether oxygens (including phenoxy) is 1. The number of carbonyl (C=O) groups excluding carboxylic acids is 2. The first-order valence-corrected chi connectivity index (χ1v) is 12.0. The van der Waals surface area contributed by atoms with E-state index in [4.69, 9.17) is 4.74 Å². The molecule has 1 saturated heterocycles. The van der Waals surface area contributed by atoms with E-state index < -0.39 is 6.10 Å². The average Bonchev–Trinajstić information content (AvgIpc) is 3.12. The highest BCUT2D eigenvalue weighted by Crippen LogP contribution is 2.29. The molecule has 1 aliphatic rings. The summed E-state index contributed by atoms with van der Waals surface area (Å²) in [4.78, 5) is 27.6. The van der Waals surface area contributed by atoms with E-state index in [1.807, 2.05) is 30.0 Å². The van der Waals surface area contributed by atoms with Gasteiger partial charge in [-0.05, 0) is 67.5 Å². The predicted octanol–water partition coefficient (Wildman–Crippen LogP) is 6.01. The number of amides is 2. The summed E-state index contributed by atoms with van der Waals surface area (Å²) in [7, 11) is 0. The number of carbonyl (C=O) groups is 2. The second-order valence-electron chi connectivity index (χ2n) is 8.63. The van der Waals surface area contributed by atoms with E-state index in [1.54, 1.807) is 24.3 Å². The molecule has 0 radical (unpaired) electrons. The first-order chi connectivity index (χ1) is 15.5. The quantitative estimate of drug-likeness (QED) is 0.551. The van der Waals surface area contributed by atoms with Gasteiger partial charge < -0.3 is 15.0 Å². The fourth-order valence-corrected chi connectivity index (χ4v) is 4.07. The minimum absolute atomic E-state index is 0.0706. The van der Waals surface area contributed by atoms with Gasteiger partial charge in [0, 0.05) is 24.3 Å². The maximum absolute atomic E-state index is 12.9. The number of anilines is 1. The van der Waals surface area contributed by atoms with Crippen LogP contribution in [0.3, 0.4) is 0 Å². The molecule has 2 atom stereocenters. The van der Waals surface area contributed by atoms with E-state index in [2.05, 4.69) is 25.2 Å². The molecular formula is C27H36N2O3. The molecule has 0 spiro atoms. The van der Waals surface area contributed by atoms with Gasteiger partial charge in [0.05, 0.1) is 0 Å². The van der Waals surface area contributed by atoms with Crippen molar-refractivity contribution in [3.63, 3.8) is 0 Å². The van der Waals surface area contributed by atoms with Crippen molar-refractivity contribution in [3.8, 4) is 5.75 Å². The van der Waals surface area contributed by atoms with Crippen molar-refractivity contribution in [1.29, 1.82) is 0 Å². The molecule has 32 heavy (non-hydrogen) atoms. The van der Waals surface area contributed by atoms with E-state index in [0.717, 1.165) is 43.7 Å². The highest BCUT2D eigenvalue weighted by atomic mass is 16.5. The summed E-state index contributed by atoms with van der Waals surface area (Å²) in [5.74, 6) is 1.02. The van der Waals surface area contributed by atoms with Crippen LogP contribution in [0.25, 0.3) is 0 Å². The molecule has 1 heterocycles. The molecule has 2 aromatic rings. The number of benzene rings is 2. The third-order valence-electron chi connectivity index (χ3n) is 6.29. The van der Waals surface area contributed by atoms with Crippen molar-refractivity contribution in [2.45, 2.75) is 71.3 Å². The number of para-hydroxylation sites is 1. The van der Waals surface area contributed by atoms with Gasteiger partial charge in [0.15, 0.2) is 6.10 Å². The molecule has 0 bridgehead atoms. The minimum Gasteiger partial charge on any atom is -0.480 e. The standard InChI is InChI=1S/C27H36N2O3/c1-4-20(3)23-12-8-9-13-25(23)32-24(5-2)26(30)28-22-16-14-21(15-17-22)27(31)29-18-10-6-7-11-19-29/h8-9,12-17,20,24H,4-7,10-11,18-19H2,1-3H3,(H,28,30). The van der Waals surface area contributed by atoms with Gasteiger partial charge in [-0.2, -0.15) is 0 Å². The molecule has 0 saturated carbocycles. The summed E-state index contributed by atoms with van der Waals surface area (Å²) in [5.41, 5.74) is 2.45. The first kappa shape index (κ1) is 23.8. The highest BCUT2D eigenvalue weighted by Gasteiger charge is 2.22. The number of hydrogen-bond acceptors (Lipinski definition) is 3. The average molecular weight is 437 g/mol. The second kappa shape index (κ2) is 11.7. The monoisotopic (exact) mass is 436 g/mol. The Morgan fingerprint density at radius 2 is 1.59 bits per heavy atom. The van der Waals surface area contributed by atoms with Crippen LogP contribution in [0.2, 0.25) is 0 Å². The smallest absolute Gasteiger partial charge is 0.265 e. The lowest BCUT2D eigenvalue weighted by atomic mass is 9.98. The molecular weight excluding hydrogens is 400 g/mol. The van der Waals surface area contributed by atoms with Crippen LogP contribution in [-0.2, 0) is 4.79 Å². The molecule has 1 aliphatic heterocycles. The van der Waals surface area contributed by atoms with Crippen LogP contribution in [-0.4, -0.2) is 35.9 Å². The Hall–Kier alpha value is -2.82. The van der Waals surface area contributed by atoms with Gasteiger partial charge in [-0.3, -0.25) is 9.59 Å². The van der Waals surface area contributed by atoms with Crippen LogP contribution >= 0.6 is 0 Å². The molecule has 2 aromatic carbocycles. The van der Waals surface area contributed by atoms with Crippen LogP contribution in [0.1, 0.15) is 81.1 Å². The van der Waals surface area contributed by atoms with E-state index in [0.29, 0.717) is 23.6 Å². The van der Waals surface area contributed by atoms with Crippen molar-refractivity contribution < 1.29 is 14.3 Å². The van der Waals surface area contributed by atoms with Gasteiger partial charge in [0.25, 0.3) is 11.8 Å². The molecule has 5 heteroatoms. The zero-order chi connectivity index (χ0) is 22.9. The normalized spacial score (nSPS) is 16.0. The summed E-state index contributed by atoms with van der Waals surface area (Å²) in [6.45, 7) is 7.90. The summed E-state index contributed by atoms with van der Waals surface area (Å²) in [5, 5.41) is 2.94. The number of rotatable bonds is 8. The Balaban J connectivity index is 1.64. The van der Waals surface area contributed by atoms with Gasteiger partial charge in [0.2, 0.25) is 0 Å². The van der Waals surface area contributed by atoms with Crippen molar-refractivity contribution in [2.24, 2.45) is 0 Å². The fourth-order valence-electron chi connectivity index (χ4n) is 4.07. The van der Waals surface area contributed by atoms with Crippen LogP contribution in [0, 0.1) is 0 Å². The van der Waals surface area contributed by atoms with E-state index in [9.17, 15) is 9.59 Å². The lowest BCUT2D eigenvalue weighted by Gasteiger charge is -2.22. The maximum Gasteiger partial charge on any atom is 0.265 e. The Bertz CT molecular complexity index is 886. The molecule has 0 aromatic heterocycles. The number of nitrogens with zero attached hydrogens (tertiary/aromatic N) is 1. The molecule has 1 N–H and O–H groups in total.